The summed E-state index contributed by atoms with van der Waals surface area (Å²) in [7, 11) is 0. The Morgan fingerprint density at radius 1 is 0.806 bits per heavy atom. The van der Waals surface area contributed by atoms with Crippen molar-refractivity contribution in [2.75, 3.05) is 0 Å². The number of nitro benzene ring substituents is 2. The number of benzene rings is 2. The van der Waals surface area contributed by atoms with E-state index >= 15 is 0 Å². The van der Waals surface area contributed by atoms with Gasteiger partial charge in [-0.15, -0.1) is 0 Å². The van der Waals surface area contributed by atoms with Crippen LogP contribution in [0.1, 0.15) is 28.5 Å². The number of nitro groups is 2. The summed E-state index contributed by atoms with van der Waals surface area (Å²) >= 11 is 0. The van der Waals surface area contributed by atoms with Gasteiger partial charge in [0.25, 0.3) is 11.4 Å². The zero-order valence-corrected chi connectivity index (χ0v) is 16.5. The molecule has 0 heterocycles. The monoisotopic (exact) mass is 416 g/mol. The highest BCUT2D eigenvalue weighted by atomic mass is 16.6. The molecule has 4 bridgehead atoms. The van der Waals surface area contributed by atoms with E-state index in [9.17, 15) is 20.2 Å². The van der Waals surface area contributed by atoms with Crippen LogP contribution in [-0.2, 0) is 11.3 Å². The molecular formula is C24H20N2O5. The van der Waals surface area contributed by atoms with E-state index in [0.29, 0.717) is 29.2 Å². The van der Waals surface area contributed by atoms with E-state index in [-0.39, 0.29) is 35.9 Å². The largest absolute Gasteiger partial charge is 0.372 e. The highest BCUT2D eigenvalue weighted by molar-refractivity contribution is 5.50. The molecule has 1 fully saturated rings. The van der Waals surface area contributed by atoms with Crippen molar-refractivity contribution in [1.29, 1.82) is 0 Å². The zero-order chi connectivity index (χ0) is 21.3. The third-order valence-electron chi connectivity index (χ3n) is 7.62. The molecule has 0 aromatic heterocycles. The lowest BCUT2D eigenvalue weighted by atomic mass is 9.57. The van der Waals surface area contributed by atoms with Crippen molar-refractivity contribution >= 4 is 11.4 Å². The van der Waals surface area contributed by atoms with Gasteiger partial charge in [-0.05, 0) is 29.0 Å². The van der Waals surface area contributed by atoms with Crippen molar-refractivity contribution in [2.45, 2.75) is 24.5 Å². The topological polar surface area (TPSA) is 95.5 Å². The summed E-state index contributed by atoms with van der Waals surface area (Å²) in [6.45, 7) is 0.0722. The van der Waals surface area contributed by atoms with E-state index in [0.717, 1.165) is 6.07 Å². The summed E-state index contributed by atoms with van der Waals surface area (Å²) in [4.78, 5) is 21.3. The Bertz CT molecular complexity index is 1120. The van der Waals surface area contributed by atoms with Gasteiger partial charge in [-0.25, -0.2) is 0 Å². The van der Waals surface area contributed by atoms with Crippen molar-refractivity contribution in [3.8, 4) is 0 Å². The maximum atomic E-state index is 11.5. The second-order valence-electron chi connectivity index (χ2n) is 8.86. The Hall–Kier alpha value is -3.32. The van der Waals surface area contributed by atoms with E-state index in [4.69, 9.17) is 4.74 Å². The van der Waals surface area contributed by atoms with Crippen LogP contribution in [-0.4, -0.2) is 16.0 Å². The van der Waals surface area contributed by atoms with Crippen LogP contribution in [0.25, 0.3) is 0 Å². The molecule has 0 saturated heterocycles. The number of non-ortho nitro benzene ring substituents is 1. The van der Waals surface area contributed by atoms with Crippen LogP contribution in [0, 0.1) is 43.9 Å². The fraction of sp³-hybridized carbons (Fsp3) is 0.333. The molecule has 2 aromatic rings. The third-order valence-corrected chi connectivity index (χ3v) is 7.62. The highest BCUT2D eigenvalue weighted by Crippen LogP contribution is 2.65. The van der Waals surface area contributed by atoms with Crippen LogP contribution in [0.2, 0.25) is 0 Å². The maximum Gasteiger partial charge on any atom is 0.281 e. The average molecular weight is 416 g/mol. The van der Waals surface area contributed by atoms with Gasteiger partial charge in [-0.1, -0.05) is 48.6 Å². The molecule has 0 radical (unpaired) electrons. The molecule has 7 rings (SSSR count). The molecule has 1 unspecified atom stereocenters. The van der Waals surface area contributed by atoms with Gasteiger partial charge in [0.05, 0.1) is 34.2 Å². The first-order valence-electron chi connectivity index (χ1n) is 10.5. The molecule has 0 N–H and O–H groups in total. The Kier molecular flexibility index (Phi) is 3.92. The van der Waals surface area contributed by atoms with Crippen molar-refractivity contribution in [3.63, 3.8) is 0 Å². The standard InChI is InChI=1S/C24H20N2O5/c27-25(28)14-6-5-13(21(11-14)26(29)30)12-31-24-19-9-10-20(24)23-18-8-7-17(22(19)23)15-3-1-2-4-16(15)18/h1-11,17-20,22-24H,12H2/t17-,18+,19-,20-,22-,23-,24?/m0/s1. The number of nitrogens with zero attached hydrogens (tertiary/aromatic N) is 2. The fourth-order valence-corrected chi connectivity index (χ4v) is 6.50. The molecular weight excluding hydrogens is 396 g/mol. The van der Waals surface area contributed by atoms with Gasteiger partial charge in [-0.3, -0.25) is 20.2 Å². The van der Waals surface area contributed by atoms with Gasteiger partial charge in [0.2, 0.25) is 0 Å². The number of ether oxygens (including phenoxy) is 1. The van der Waals surface area contributed by atoms with Crippen molar-refractivity contribution in [3.05, 3.63) is 104 Å². The van der Waals surface area contributed by atoms with Crippen molar-refractivity contribution in [1.82, 2.24) is 0 Å². The number of hydrogen-bond acceptors (Lipinski definition) is 5. The maximum absolute atomic E-state index is 11.5. The number of allylic oxidation sites excluding steroid dienone is 2. The molecule has 1 saturated carbocycles. The molecule has 5 aliphatic rings. The molecule has 31 heavy (non-hydrogen) atoms. The Morgan fingerprint density at radius 3 is 1.97 bits per heavy atom. The normalized spacial score (nSPS) is 33.4. The molecule has 5 aliphatic carbocycles. The van der Waals surface area contributed by atoms with Gasteiger partial charge in [0, 0.05) is 29.7 Å². The van der Waals surface area contributed by atoms with E-state index in [1.807, 2.05) is 0 Å². The lowest BCUT2D eigenvalue weighted by Gasteiger charge is -2.46. The minimum Gasteiger partial charge on any atom is -0.372 e. The zero-order valence-electron chi connectivity index (χ0n) is 16.5. The summed E-state index contributed by atoms with van der Waals surface area (Å²) < 4.78 is 6.32. The quantitative estimate of drug-likeness (QED) is 0.393. The second kappa shape index (κ2) is 6.59. The van der Waals surface area contributed by atoms with Crippen molar-refractivity contribution < 1.29 is 14.6 Å². The molecule has 0 spiro atoms. The lowest BCUT2D eigenvalue weighted by molar-refractivity contribution is -0.394. The van der Waals surface area contributed by atoms with E-state index < -0.39 is 9.85 Å². The molecule has 0 amide bonds. The minimum absolute atomic E-state index is 0.0241. The third kappa shape index (κ3) is 2.56. The molecule has 7 heteroatoms. The van der Waals surface area contributed by atoms with Crippen molar-refractivity contribution in [2.24, 2.45) is 23.7 Å². The first kappa shape index (κ1) is 18.4. The fourth-order valence-electron chi connectivity index (χ4n) is 6.50. The van der Waals surface area contributed by atoms with E-state index in [1.165, 1.54) is 23.3 Å². The van der Waals surface area contributed by atoms with Crippen LogP contribution in [0.3, 0.4) is 0 Å². The minimum atomic E-state index is -0.621. The second-order valence-corrected chi connectivity index (χ2v) is 8.86. The van der Waals surface area contributed by atoms with Crippen LogP contribution in [0.5, 0.6) is 0 Å². The molecule has 0 aliphatic heterocycles. The Balaban J connectivity index is 1.27. The predicted octanol–water partition coefficient (Wildman–Crippen LogP) is 4.89. The smallest absolute Gasteiger partial charge is 0.281 e. The SMILES string of the molecule is O=[N+]([O-])c1ccc(COC2[C@H]3C=C[C@H]2[C@H]2[C@H]3[C@H]3C=C[C@@H]2c2ccccc23)c([N+](=O)[O-])c1. The van der Waals surface area contributed by atoms with Crippen LogP contribution in [0.4, 0.5) is 11.4 Å². The van der Waals surface area contributed by atoms with Crippen LogP contribution >= 0.6 is 0 Å². The molecule has 2 aromatic carbocycles. The number of hydrogen-bond donors (Lipinski definition) is 0. The summed E-state index contributed by atoms with van der Waals surface area (Å²) in [6, 6.07) is 12.4. The lowest BCUT2D eigenvalue weighted by Crippen LogP contribution is -2.37. The molecule has 7 atom stereocenters. The van der Waals surface area contributed by atoms with E-state index in [2.05, 4.69) is 48.6 Å². The summed E-state index contributed by atoms with van der Waals surface area (Å²) in [5, 5.41) is 22.5. The first-order chi connectivity index (χ1) is 15.0. The molecule has 7 nitrogen and oxygen atoms in total. The Labute approximate surface area is 178 Å². The highest BCUT2D eigenvalue weighted by Gasteiger charge is 2.60. The van der Waals surface area contributed by atoms with Gasteiger partial charge < -0.3 is 4.74 Å². The average Bonchev–Trinajstić information content (AvgIpc) is 3.34. The summed E-state index contributed by atoms with van der Waals surface area (Å²) in [5.41, 5.74) is 2.65. The van der Waals surface area contributed by atoms with Crippen LogP contribution < -0.4 is 0 Å². The molecule has 156 valence electrons. The Morgan fingerprint density at radius 2 is 1.42 bits per heavy atom. The van der Waals surface area contributed by atoms with Gasteiger partial charge in [0.15, 0.2) is 0 Å². The van der Waals surface area contributed by atoms with Gasteiger partial charge >= 0.3 is 0 Å². The van der Waals surface area contributed by atoms with Crippen LogP contribution in [0.15, 0.2) is 66.8 Å². The first-order valence-corrected chi connectivity index (χ1v) is 10.5. The predicted molar refractivity (Wildman–Crippen MR) is 112 cm³/mol. The van der Waals surface area contributed by atoms with Gasteiger partial charge in [0.1, 0.15) is 0 Å². The summed E-state index contributed by atoms with van der Waals surface area (Å²) in [5.74, 6) is 2.28. The van der Waals surface area contributed by atoms with Gasteiger partial charge in [-0.2, -0.15) is 0 Å². The number of fused-ring (bicyclic) bond motifs is 2. The summed E-state index contributed by atoms with van der Waals surface area (Å²) in [6.07, 6.45) is 9.20. The van der Waals surface area contributed by atoms with E-state index in [1.54, 1.807) is 0 Å². The number of rotatable bonds is 5.